The number of carbonyl (C=O) groups is 2. The Kier molecular flexibility index (Phi) is 6.99. The maximum Gasteiger partial charge on any atom is 0.422 e. The van der Waals surface area contributed by atoms with Gasteiger partial charge in [0.2, 0.25) is 5.54 Å². The van der Waals surface area contributed by atoms with Crippen molar-refractivity contribution in [2.24, 2.45) is 5.92 Å². The van der Waals surface area contributed by atoms with Gasteiger partial charge >= 0.3 is 18.2 Å². The zero-order chi connectivity index (χ0) is 16.8. The highest BCUT2D eigenvalue weighted by atomic mass is 19.4. The number of nitrogens with one attached hydrogen (secondary N) is 2. The lowest BCUT2D eigenvalue weighted by Gasteiger charge is -2.29. The molecule has 5 nitrogen and oxygen atoms in total. The third kappa shape index (κ3) is 6.22. The molecule has 0 radical (unpaired) electrons. The molecular weight excluding hydrogens is 289 g/mol. The number of amides is 2. The Balaban J connectivity index is 4.50. The fourth-order valence-corrected chi connectivity index (χ4v) is 1.64. The number of hydrogen-bond donors (Lipinski definition) is 3. The van der Waals surface area contributed by atoms with Crippen LogP contribution in [0, 0.1) is 5.92 Å². The summed E-state index contributed by atoms with van der Waals surface area (Å²) in [6.07, 6.45) is -2.70. The second-order valence-electron chi connectivity index (χ2n) is 5.75. The first-order valence-corrected chi connectivity index (χ1v) is 6.79. The minimum atomic E-state index is -5.09. The highest BCUT2D eigenvalue weighted by Crippen LogP contribution is 2.30. The molecule has 8 heteroatoms. The first kappa shape index (κ1) is 19.5. The third-order valence-electron chi connectivity index (χ3n) is 3.15. The van der Waals surface area contributed by atoms with Crippen molar-refractivity contribution in [1.82, 2.24) is 10.6 Å². The van der Waals surface area contributed by atoms with Crippen molar-refractivity contribution in [1.29, 1.82) is 0 Å². The molecule has 0 aliphatic carbocycles. The number of alkyl halides is 3. The van der Waals surface area contributed by atoms with Gasteiger partial charge < -0.3 is 15.7 Å². The molecule has 0 aromatic heterocycles. The highest BCUT2D eigenvalue weighted by Gasteiger charge is 2.58. The maximum absolute atomic E-state index is 12.7. The molecule has 0 aliphatic rings. The SMILES string of the molecule is CC(C)CCCC(C)NC(=O)NC(C)(C(=O)O)C(F)(F)F. The van der Waals surface area contributed by atoms with Crippen molar-refractivity contribution < 1.29 is 27.9 Å². The van der Waals surface area contributed by atoms with Crippen molar-refractivity contribution in [2.45, 2.75) is 64.7 Å². The van der Waals surface area contributed by atoms with Crippen LogP contribution in [0.4, 0.5) is 18.0 Å². The van der Waals surface area contributed by atoms with Crippen LogP contribution < -0.4 is 10.6 Å². The molecule has 124 valence electrons. The molecule has 0 saturated carbocycles. The minimum absolute atomic E-state index is 0.338. The van der Waals surface area contributed by atoms with Crippen molar-refractivity contribution in [3.8, 4) is 0 Å². The smallest absolute Gasteiger partial charge is 0.422 e. The van der Waals surface area contributed by atoms with E-state index >= 15 is 0 Å². The van der Waals surface area contributed by atoms with Crippen LogP contribution in [-0.4, -0.2) is 34.9 Å². The van der Waals surface area contributed by atoms with Gasteiger partial charge in [-0.1, -0.05) is 26.7 Å². The normalized spacial score (nSPS) is 16.2. The Hall–Kier alpha value is -1.47. The molecule has 0 aromatic rings. The van der Waals surface area contributed by atoms with Crippen LogP contribution in [0.2, 0.25) is 0 Å². The third-order valence-corrected chi connectivity index (χ3v) is 3.15. The number of rotatable bonds is 7. The zero-order valence-electron chi connectivity index (χ0n) is 12.7. The van der Waals surface area contributed by atoms with Crippen LogP contribution in [0.3, 0.4) is 0 Å². The van der Waals surface area contributed by atoms with Crippen molar-refractivity contribution in [3.05, 3.63) is 0 Å². The van der Waals surface area contributed by atoms with Crippen LogP contribution in [-0.2, 0) is 4.79 Å². The standard InChI is InChI=1S/C13H23F3N2O3/c1-8(2)6-5-7-9(3)17-11(21)18-12(4,10(19)20)13(14,15)16/h8-9H,5-7H2,1-4H3,(H,19,20)(H2,17,18,21). The molecule has 3 N–H and O–H groups in total. The van der Waals surface area contributed by atoms with E-state index in [4.69, 9.17) is 5.11 Å². The summed E-state index contributed by atoms with van der Waals surface area (Å²) >= 11 is 0. The molecule has 21 heavy (non-hydrogen) atoms. The van der Waals surface area contributed by atoms with Crippen LogP contribution in [0.1, 0.15) is 47.0 Å². The van der Waals surface area contributed by atoms with Crippen molar-refractivity contribution in [2.75, 3.05) is 0 Å². The Bertz CT molecular complexity index is 372. The second kappa shape index (κ2) is 7.51. The van der Waals surface area contributed by atoms with Gasteiger partial charge in [-0.15, -0.1) is 0 Å². The molecule has 0 fully saturated rings. The van der Waals surface area contributed by atoms with Gasteiger partial charge in [0.1, 0.15) is 0 Å². The molecule has 0 bridgehead atoms. The maximum atomic E-state index is 12.7. The van der Waals surface area contributed by atoms with Gasteiger partial charge in [-0.2, -0.15) is 13.2 Å². The van der Waals surface area contributed by atoms with E-state index in [0.29, 0.717) is 19.3 Å². The zero-order valence-corrected chi connectivity index (χ0v) is 12.7. The highest BCUT2D eigenvalue weighted by molar-refractivity contribution is 5.86. The fourth-order valence-electron chi connectivity index (χ4n) is 1.64. The molecular formula is C13H23F3N2O3. The summed E-state index contributed by atoms with van der Waals surface area (Å²) in [5.74, 6) is -1.65. The number of carboxylic acid groups (broad SMARTS) is 1. The van der Waals surface area contributed by atoms with E-state index in [2.05, 4.69) is 5.32 Å². The van der Waals surface area contributed by atoms with E-state index in [0.717, 1.165) is 12.8 Å². The lowest BCUT2D eigenvalue weighted by atomic mass is 10.0. The van der Waals surface area contributed by atoms with Gasteiger partial charge in [0, 0.05) is 6.04 Å². The topological polar surface area (TPSA) is 78.4 Å². The number of hydrogen-bond acceptors (Lipinski definition) is 2. The summed E-state index contributed by atoms with van der Waals surface area (Å²) in [6, 6.07) is -1.48. The quantitative estimate of drug-likeness (QED) is 0.676. The summed E-state index contributed by atoms with van der Waals surface area (Å²) in [6.45, 7) is 6.17. The van der Waals surface area contributed by atoms with Crippen LogP contribution in [0.25, 0.3) is 0 Å². The van der Waals surface area contributed by atoms with Gasteiger partial charge in [-0.3, -0.25) is 0 Å². The lowest BCUT2D eigenvalue weighted by molar-refractivity contribution is -0.203. The summed E-state index contributed by atoms with van der Waals surface area (Å²) in [4.78, 5) is 22.3. The predicted octanol–water partition coefficient (Wildman–Crippen LogP) is 2.91. The Labute approximate surface area is 122 Å². The van der Waals surface area contributed by atoms with Crippen LogP contribution in [0.15, 0.2) is 0 Å². The number of carbonyl (C=O) groups excluding carboxylic acids is 1. The number of halogens is 3. The van der Waals surface area contributed by atoms with E-state index in [1.165, 1.54) is 5.32 Å². The fraction of sp³-hybridized carbons (Fsp3) is 0.846. The van der Waals surface area contributed by atoms with Crippen LogP contribution in [0.5, 0.6) is 0 Å². The van der Waals surface area contributed by atoms with Crippen molar-refractivity contribution >= 4 is 12.0 Å². The van der Waals surface area contributed by atoms with E-state index in [1.807, 2.05) is 13.8 Å². The summed E-state index contributed by atoms with van der Waals surface area (Å²) in [5.41, 5.74) is -3.31. The van der Waals surface area contributed by atoms with Gasteiger partial charge in [0.15, 0.2) is 0 Å². The Morgan fingerprint density at radius 2 is 1.67 bits per heavy atom. The first-order valence-electron chi connectivity index (χ1n) is 6.79. The predicted molar refractivity (Wildman–Crippen MR) is 71.9 cm³/mol. The molecule has 0 aliphatic heterocycles. The first-order chi connectivity index (χ1) is 9.40. The molecule has 0 heterocycles. The van der Waals surface area contributed by atoms with Crippen LogP contribution >= 0.6 is 0 Å². The van der Waals surface area contributed by atoms with E-state index in [-0.39, 0.29) is 6.04 Å². The number of aliphatic carboxylic acids is 1. The molecule has 0 spiro atoms. The van der Waals surface area contributed by atoms with Gasteiger partial charge in [-0.05, 0) is 26.2 Å². The monoisotopic (exact) mass is 312 g/mol. The van der Waals surface area contributed by atoms with Gasteiger partial charge in [-0.25, -0.2) is 9.59 Å². The Morgan fingerprint density at radius 3 is 2.05 bits per heavy atom. The van der Waals surface area contributed by atoms with E-state index in [1.54, 1.807) is 6.92 Å². The average molecular weight is 312 g/mol. The van der Waals surface area contributed by atoms with Gasteiger partial charge in [0.25, 0.3) is 0 Å². The molecule has 2 amide bonds. The molecule has 0 aromatic carbocycles. The summed E-state index contributed by atoms with van der Waals surface area (Å²) < 4.78 is 38.2. The minimum Gasteiger partial charge on any atom is -0.479 e. The number of urea groups is 1. The number of carboxylic acids is 1. The van der Waals surface area contributed by atoms with Gasteiger partial charge in [0.05, 0.1) is 0 Å². The second-order valence-corrected chi connectivity index (χ2v) is 5.75. The molecule has 2 unspecified atom stereocenters. The summed E-state index contributed by atoms with van der Waals surface area (Å²) in [7, 11) is 0. The van der Waals surface area contributed by atoms with Crippen molar-refractivity contribution in [3.63, 3.8) is 0 Å². The Morgan fingerprint density at radius 1 is 1.14 bits per heavy atom. The largest absolute Gasteiger partial charge is 0.479 e. The molecule has 2 atom stereocenters. The molecule has 0 saturated heterocycles. The van der Waals surface area contributed by atoms with E-state index in [9.17, 15) is 22.8 Å². The van der Waals surface area contributed by atoms with E-state index < -0.39 is 23.7 Å². The average Bonchev–Trinajstić information content (AvgIpc) is 2.25. The summed E-state index contributed by atoms with van der Waals surface area (Å²) in [5, 5.41) is 12.5. The molecule has 0 rings (SSSR count). The lowest BCUT2D eigenvalue weighted by Crippen LogP contribution is -2.64.